The Morgan fingerprint density at radius 3 is 2.26 bits per heavy atom. The van der Waals surface area contributed by atoms with E-state index in [4.69, 9.17) is 0 Å². The number of quaternary nitrogens is 1. The van der Waals surface area contributed by atoms with Crippen molar-refractivity contribution in [1.29, 1.82) is 0 Å². The van der Waals surface area contributed by atoms with Crippen LogP contribution in [0.3, 0.4) is 0 Å². The van der Waals surface area contributed by atoms with Crippen molar-refractivity contribution in [3.8, 4) is 0 Å². The van der Waals surface area contributed by atoms with Crippen molar-refractivity contribution >= 4 is 0 Å². The molecule has 19 heavy (non-hydrogen) atoms. The summed E-state index contributed by atoms with van der Waals surface area (Å²) in [5.41, 5.74) is 0.642. The molecule has 2 heteroatoms. The molecule has 0 aromatic heterocycles. The van der Waals surface area contributed by atoms with E-state index < -0.39 is 5.60 Å². The van der Waals surface area contributed by atoms with Gasteiger partial charge in [-0.15, -0.1) is 0 Å². The monoisotopic (exact) mass is 262 g/mol. The normalized spacial score (nSPS) is 36.2. The Bertz CT molecular complexity index is 423. The first-order valence-electron chi connectivity index (χ1n) is 7.39. The number of benzene rings is 1. The van der Waals surface area contributed by atoms with Crippen molar-refractivity contribution in [1.82, 2.24) is 0 Å². The number of rotatable bonds is 1. The molecule has 0 radical (unpaired) electrons. The van der Waals surface area contributed by atoms with Gasteiger partial charge >= 0.3 is 0 Å². The molecule has 2 N–H and O–H groups in total. The van der Waals surface area contributed by atoms with Crippen LogP contribution in [0.2, 0.25) is 0 Å². The summed E-state index contributed by atoms with van der Waals surface area (Å²) in [6.45, 7) is 12.3. The van der Waals surface area contributed by atoms with Crippen molar-refractivity contribution in [3.63, 3.8) is 0 Å². The summed E-state index contributed by atoms with van der Waals surface area (Å²) in [5, 5.41) is 11.2. The van der Waals surface area contributed by atoms with Gasteiger partial charge in [0, 0.05) is 12.3 Å². The molecule has 0 saturated carbocycles. The standard InChI is InChI=1S/C17H27NO/c1-13-12-18(16(3,4)5)14(2)11-17(13,19)15-9-7-6-8-10-15/h6-10,13-14,19H,11-12H2,1-5H3/p+1/t13-,14-,17-/m1/s1. The Balaban J connectivity index is 2.28. The predicted molar refractivity (Wildman–Crippen MR) is 79.2 cm³/mol. The molecule has 1 fully saturated rings. The molecule has 1 saturated heterocycles. The van der Waals surface area contributed by atoms with Crippen molar-refractivity contribution < 1.29 is 10.0 Å². The molecule has 0 amide bonds. The molecule has 0 spiro atoms. The number of hydrogen-bond donors (Lipinski definition) is 2. The summed E-state index contributed by atoms with van der Waals surface area (Å²) in [6, 6.07) is 10.6. The van der Waals surface area contributed by atoms with E-state index in [1.54, 1.807) is 4.90 Å². The summed E-state index contributed by atoms with van der Waals surface area (Å²) in [7, 11) is 0. The van der Waals surface area contributed by atoms with Crippen LogP contribution in [0.4, 0.5) is 0 Å². The highest BCUT2D eigenvalue weighted by Gasteiger charge is 2.48. The molecule has 1 unspecified atom stereocenters. The third kappa shape index (κ3) is 2.70. The average molecular weight is 262 g/mol. The molecule has 0 aliphatic carbocycles. The summed E-state index contributed by atoms with van der Waals surface area (Å²) >= 11 is 0. The lowest BCUT2D eigenvalue weighted by Crippen LogP contribution is -3.23. The van der Waals surface area contributed by atoms with Crippen molar-refractivity contribution in [2.24, 2.45) is 5.92 Å². The average Bonchev–Trinajstić information content (AvgIpc) is 2.33. The summed E-state index contributed by atoms with van der Waals surface area (Å²) < 4.78 is 0. The zero-order valence-corrected chi connectivity index (χ0v) is 12.9. The van der Waals surface area contributed by atoms with Gasteiger partial charge in [-0.05, 0) is 33.3 Å². The highest BCUT2D eigenvalue weighted by Crippen LogP contribution is 2.35. The van der Waals surface area contributed by atoms with Gasteiger partial charge in [0.05, 0.1) is 18.1 Å². The Morgan fingerprint density at radius 1 is 1.16 bits per heavy atom. The second kappa shape index (κ2) is 4.92. The van der Waals surface area contributed by atoms with Crippen LogP contribution >= 0.6 is 0 Å². The van der Waals surface area contributed by atoms with Crippen LogP contribution in [0, 0.1) is 5.92 Å². The topological polar surface area (TPSA) is 24.7 Å². The van der Waals surface area contributed by atoms with Gasteiger partial charge in [-0.25, -0.2) is 0 Å². The fourth-order valence-electron chi connectivity index (χ4n) is 3.67. The van der Waals surface area contributed by atoms with E-state index in [1.165, 1.54) is 0 Å². The van der Waals surface area contributed by atoms with E-state index in [9.17, 15) is 5.11 Å². The maximum atomic E-state index is 11.2. The van der Waals surface area contributed by atoms with E-state index in [1.807, 2.05) is 18.2 Å². The highest BCUT2D eigenvalue weighted by molar-refractivity contribution is 5.23. The lowest BCUT2D eigenvalue weighted by atomic mass is 9.73. The second-order valence-electron chi connectivity index (χ2n) is 7.28. The molecule has 1 aromatic carbocycles. The first-order valence-corrected chi connectivity index (χ1v) is 7.39. The molecule has 2 nitrogen and oxygen atoms in total. The van der Waals surface area contributed by atoms with Crippen LogP contribution in [-0.4, -0.2) is 23.2 Å². The molecule has 106 valence electrons. The largest absolute Gasteiger partial charge is 0.384 e. The number of hydrogen-bond acceptors (Lipinski definition) is 1. The highest BCUT2D eigenvalue weighted by atomic mass is 16.3. The van der Waals surface area contributed by atoms with Gasteiger partial charge in [0.1, 0.15) is 5.60 Å². The minimum atomic E-state index is -0.671. The van der Waals surface area contributed by atoms with Crippen LogP contribution in [0.1, 0.15) is 46.6 Å². The molecule has 1 heterocycles. The van der Waals surface area contributed by atoms with Gasteiger partial charge in [0.25, 0.3) is 0 Å². The fraction of sp³-hybridized carbons (Fsp3) is 0.647. The van der Waals surface area contributed by atoms with Gasteiger partial charge in [-0.1, -0.05) is 37.3 Å². The van der Waals surface area contributed by atoms with Crippen LogP contribution in [0.15, 0.2) is 30.3 Å². The number of piperidine rings is 1. The third-order valence-electron chi connectivity index (χ3n) is 4.79. The fourth-order valence-corrected chi connectivity index (χ4v) is 3.67. The lowest BCUT2D eigenvalue weighted by molar-refractivity contribution is -0.978. The van der Waals surface area contributed by atoms with Crippen LogP contribution in [0.5, 0.6) is 0 Å². The molecule has 1 aliphatic heterocycles. The molecule has 2 rings (SSSR count). The van der Waals surface area contributed by atoms with Gasteiger partial charge < -0.3 is 10.0 Å². The Morgan fingerprint density at radius 2 is 1.74 bits per heavy atom. The van der Waals surface area contributed by atoms with Crippen LogP contribution in [-0.2, 0) is 5.60 Å². The van der Waals surface area contributed by atoms with E-state index in [-0.39, 0.29) is 11.5 Å². The minimum Gasteiger partial charge on any atom is -0.384 e. The summed E-state index contributed by atoms with van der Waals surface area (Å²) in [4.78, 5) is 1.60. The van der Waals surface area contributed by atoms with Crippen LogP contribution in [0.25, 0.3) is 0 Å². The van der Waals surface area contributed by atoms with E-state index in [2.05, 4.69) is 46.8 Å². The van der Waals surface area contributed by atoms with Gasteiger partial charge in [-0.2, -0.15) is 0 Å². The Hall–Kier alpha value is -0.860. The van der Waals surface area contributed by atoms with Crippen molar-refractivity contribution in [2.45, 2.75) is 58.2 Å². The van der Waals surface area contributed by atoms with E-state index >= 15 is 0 Å². The van der Waals surface area contributed by atoms with Crippen LogP contribution < -0.4 is 4.90 Å². The maximum Gasteiger partial charge on any atom is 0.103 e. The molecule has 0 bridgehead atoms. The second-order valence-corrected chi connectivity index (χ2v) is 7.28. The number of aliphatic hydroxyl groups is 1. The smallest absolute Gasteiger partial charge is 0.103 e. The van der Waals surface area contributed by atoms with Gasteiger partial charge in [0.2, 0.25) is 0 Å². The summed E-state index contributed by atoms with van der Waals surface area (Å²) in [5.74, 6) is 0.278. The molecule has 1 aromatic rings. The van der Waals surface area contributed by atoms with Crippen molar-refractivity contribution in [2.75, 3.05) is 6.54 Å². The number of nitrogens with one attached hydrogen (secondary N) is 1. The Kier molecular flexibility index (Phi) is 3.76. The summed E-state index contributed by atoms with van der Waals surface area (Å²) in [6.07, 6.45) is 0.838. The molecular weight excluding hydrogens is 234 g/mol. The van der Waals surface area contributed by atoms with Crippen molar-refractivity contribution in [3.05, 3.63) is 35.9 Å². The minimum absolute atomic E-state index is 0.242. The van der Waals surface area contributed by atoms with Gasteiger partial charge in [-0.3, -0.25) is 0 Å². The molecule has 4 atom stereocenters. The van der Waals surface area contributed by atoms with E-state index in [0.29, 0.717) is 6.04 Å². The predicted octanol–water partition coefficient (Wildman–Crippen LogP) is 1.99. The van der Waals surface area contributed by atoms with E-state index in [0.717, 1.165) is 18.5 Å². The zero-order chi connectivity index (χ0) is 14.3. The maximum absolute atomic E-state index is 11.2. The number of likely N-dealkylation sites (tertiary alicyclic amines) is 1. The first-order chi connectivity index (χ1) is 8.75. The van der Waals surface area contributed by atoms with Gasteiger partial charge in [0.15, 0.2) is 0 Å². The lowest BCUT2D eigenvalue weighted by Gasteiger charge is -2.49. The quantitative estimate of drug-likeness (QED) is 0.795. The first kappa shape index (κ1) is 14.5. The Labute approximate surface area is 117 Å². The molecule has 1 aliphatic rings. The molecular formula is C17H28NO+. The SMILES string of the molecule is C[C@@H]1C[C@](O)(c2ccccc2)[C@H](C)C[NH+]1C(C)(C)C. The zero-order valence-electron chi connectivity index (χ0n) is 12.9. The third-order valence-corrected chi connectivity index (χ3v) is 4.79.